The zero-order valence-electron chi connectivity index (χ0n) is 12.8. The van der Waals surface area contributed by atoms with Crippen molar-refractivity contribution in [2.45, 2.75) is 46.6 Å². The first-order valence-electron chi connectivity index (χ1n) is 6.91. The molecule has 20 heavy (non-hydrogen) atoms. The SMILES string of the molecule is CCNCc1sc(-c2ncc(C)cn2)nc1C(C)(C)C. The number of nitrogens with zero attached hydrogens (tertiary/aromatic N) is 3. The Morgan fingerprint density at radius 2 is 1.85 bits per heavy atom. The molecule has 0 spiro atoms. The fraction of sp³-hybridized carbons (Fsp3) is 0.533. The van der Waals surface area contributed by atoms with Gasteiger partial charge in [-0.3, -0.25) is 0 Å². The maximum absolute atomic E-state index is 4.79. The van der Waals surface area contributed by atoms with E-state index in [1.807, 2.05) is 19.3 Å². The fourth-order valence-corrected chi connectivity index (χ4v) is 3.08. The summed E-state index contributed by atoms with van der Waals surface area (Å²) in [7, 11) is 0. The zero-order valence-corrected chi connectivity index (χ0v) is 13.6. The quantitative estimate of drug-likeness (QED) is 0.938. The minimum Gasteiger partial charge on any atom is -0.312 e. The third-order valence-corrected chi connectivity index (χ3v) is 3.97. The van der Waals surface area contributed by atoms with E-state index < -0.39 is 0 Å². The summed E-state index contributed by atoms with van der Waals surface area (Å²) < 4.78 is 0. The van der Waals surface area contributed by atoms with Crippen LogP contribution in [0.15, 0.2) is 12.4 Å². The van der Waals surface area contributed by atoms with Crippen molar-refractivity contribution < 1.29 is 0 Å². The van der Waals surface area contributed by atoms with Crippen molar-refractivity contribution in [2.24, 2.45) is 0 Å². The minimum absolute atomic E-state index is 0.0319. The Morgan fingerprint density at radius 1 is 1.20 bits per heavy atom. The number of hydrogen-bond acceptors (Lipinski definition) is 5. The van der Waals surface area contributed by atoms with Gasteiger partial charge in [-0.15, -0.1) is 11.3 Å². The summed E-state index contributed by atoms with van der Waals surface area (Å²) in [5, 5.41) is 4.29. The lowest BCUT2D eigenvalue weighted by atomic mass is 9.91. The predicted octanol–water partition coefficient (Wildman–Crippen LogP) is 3.32. The van der Waals surface area contributed by atoms with Crippen molar-refractivity contribution in [3.63, 3.8) is 0 Å². The molecule has 0 fully saturated rings. The van der Waals surface area contributed by atoms with Gasteiger partial charge < -0.3 is 5.32 Å². The number of nitrogens with one attached hydrogen (secondary N) is 1. The minimum atomic E-state index is 0.0319. The van der Waals surface area contributed by atoms with Crippen molar-refractivity contribution in [3.8, 4) is 10.8 Å². The Bertz CT molecular complexity index is 567. The molecular weight excluding hydrogens is 268 g/mol. The Morgan fingerprint density at radius 3 is 2.40 bits per heavy atom. The number of hydrogen-bond donors (Lipinski definition) is 1. The average Bonchev–Trinajstić information content (AvgIpc) is 2.81. The lowest BCUT2D eigenvalue weighted by Crippen LogP contribution is -2.18. The number of thiazole rings is 1. The van der Waals surface area contributed by atoms with Crippen molar-refractivity contribution in [3.05, 3.63) is 28.5 Å². The number of rotatable bonds is 4. The molecule has 0 aromatic carbocycles. The van der Waals surface area contributed by atoms with E-state index >= 15 is 0 Å². The molecule has 4 nitrogen and oxygen atoms in total. The van der Waals surface area contributed by atoms with Crippen LogP contribution in [0.4, 0.5) is 0 Å². The Kier molecular flexibility index (Phi) is 4.50. The normalized spacial score (nSPS) is 11.8. The summed E-state index contributed by atoms with van der Waals surface area (Å²) in [5.74, 6) is 0.717. The molecule has 0 aliphatic rings. The molecule has 0 radical (unpaired) electrons. The summed E-state index contributed by atoms with van der Waals surface area (Å²) in [4.78, 5) is 14.8. The molecule has 0 saturated carbocycles. The van der Waals surface area contributed by atoms with Crippen LogP contribution in [0.5, 0.6) is 0 Å². The molecule has 108 valence electrons. The van der Waals surface area contributed by atoms with Crippen molar-refractivity contribution in [1.82, 2.24) is 20.3 Å². The van der Waals surface area contributed by atoms with E-state index in [0.717, 1.165) is 29.4 Å². The van der Waals surface area contributed by atoms with Crippen molar-refractivity contribution >= 4 is 11.3 Å². The standard InChI is InChI=1S/C15H22N4S/c1-6-16-9-11-12(15(3,4)5)19-14(20-11)13-17-7-10(2)8-18-13/h7-8,16H,6,9H2,1-5H3. The van der Waals surface area contributed by atoms with E-state index in [9.17, 15) is 0 Å². The van der Waals surface area contributed by atoms with E-state index in [1.54, 1.807) is 11.3 Å². The van der Waals surface area contributed by atoms with Crippen LogP contribution in [0.2, 0.25) is 0 Å². The van der Waals surface area contributed by atoms with Gasteiger partial charge in [0.15, 0.2) is 10.8 Å². The molecule has 2 rings (SSSR count). The highest BCUT2D eigenvalue weighted by molar-refractivity contribution is 7.15. The van der Waals surface area contributed by atoms with E-state index in [0.29, 0.717) is 5.82 Å². The highest BCUT2D eigenvalue weighted by atomic mass is 32.1. The second-order valence-electron chi connectivity index (χ2n) is 5.91. The maximum atomic E-state index is 4.79. The monoisotopic (exact) mass is 290 g/mol. The van der Waals surface area contributed by atoms with Gasteiger partial charge in [0.1, 0.15) is 0 Å². The van der Waals surface area contributed by atoms with Crippen LogP contribution in [0.3, 0.4) is 0 Å². The summed E-state index contributed by atoms with van der Waals surface area (Å²) >= 11 is 1.69. The summed E-state index contributed by atoms with van der Waals surface area (Å²) in [6, 6.07) is 0. The Hall–Kier alpha value is -1.33. The zero-order chi connectivity index (χ0) is 14.8. The van der Waals surface area contributed by atoms with Gasteiger partial charge in [-0.2, -0.15) is 0 Å². The van der Waals surface area contributed by atoms with Gasteiger partial charge >= 0.3 is 0 Å². The third-order valence-electron chi connectivity index (χ3n) is 2.92. The van der Waals surface area contributed by atoms with Crippen LogP contribution in [-0.4, -0.2) is 21.5 Å². The predicted molar refractivity (Wildman–Crippen MR) is 84.0 cm³/mol. The fourth-order valence-electron chi connectivity index (χ4n) is 1.89. The molecule has 2 aromatic heterocycles. The van der Waals surface area contributed by atoms with E-state index in [4.69, 9.17) is 4.98 Å². The Balaban J connectivity index is 2.40. The Labute approximate surface area is 124 Å². The van der Waals surface area contributed by atoms with Gasteiger partial charge in [0, 0.05) is 29.2 Å². The van der Waals surface area contributed by atoms with Gasteiger partial charge in [0.25, 0.3) is 0 Å². The van der Waals surface area contributed by atoms with Crippen molar-refractivity contribution in [2.75, 3.05) is 6.54 Å². The lowest BCUT2D eigenvalue weighted by Gasteiger charge is -2.17. The third kappa shape index (κ3) is 3.41. The van der Waals surface area contributed by atoms with E-state index in [1.165, 1.54) is 4.88 Å². The van der Waals surface area contributed by atoms with Crippen LogP contribution in [0, 0.1) is 6.92 Å². The smallest absolute Gasteiger partial charge is 0.188 e. The van der Waals surface area contributed by atoms with Crippen molar-refractivity contribution in [1.29, 1.82) is 0 Å². The molecule has 5 heteroatoms. The van der Waals surface area contributed by atoms with Crippen LogP contribution in [0.25, 0.3) is 10.8 Å². The molecule has 0 atom stereocenters. The largest absolute Gasteiger partial charge is 0.312 e. The second kappa shape index (κ2) is 5.97. The van der Waals surface area contributed by atoms with Crippen LogP contribution in [-0.2, 0) is 12.0 Å². The molecule has 0 bridgehead atoms. The highest BCUT2D eigenvalue weighted by Gasteiger charge is 2.24. The maximum Gasteiger partial charge on any atom is 0.188 e. The first-order chi connectivity index (χ1) is 9.41. The first-order valence-corrected chi connectivity index (χ1v) is 7.73. The molecule has 0 aliphatic carbocycles. The average molecular weight is 290 g/mol. The summed E-state index contributed by atoms with van der Waals surface area (Å²) in [6.07, 6.45) is 3.68. The topological polar surface area (TPSA) is 50.7 Å². The van der Waals surface area contributed by atoms with E-state index in [-0.39, 0.29) is 5.41 Å². The molecule has 0 aliphatic heterocycles. The molecule has 0 unspecified atom stereocenters. The first kappa shape index (κ1) is 15.1. The molecular formula is C15H22N4S. The molecule has 1 N–H and O–H groups in total. The van der Waals surface area contributed by atoms with Crippen LogP contribution < -0.4 is 5.32 Å². The van der Waals surface area contributed by atoms with Gasteiger partial charge in [-0.25, -0.2) is 15.0 Å². The highest BCUT2D eigenvalue weighted by Crippen LogP contribution is 2.33. The second-order valence-corrected chi connectivity index (χ2v) is 6.99. The lowest BCUT2D eigenvalue weighted by molar-refractivity contribution is 0.561. The van der Waals surface area contributed by atoms with Crippen LogP contribution >= 0.6 is 11.3 Å². The number of aryl methyl sites for hydroxylation is 1. The molecule has 0 amide bonds. The van der Waals surface area contributed by atoms with Gasteiger partial charge in [0.2, 0.25) is 0 Å². The number of aromatic nitrogens is 3. The molecule has 0 saturated heterocycles. The van der Waals surface area contributed by atoms with Crippen LogP contribution in [0.1, 0.15) is 43.8 Å². The van der Waals surface area contributed by atoms with Gasteiger partial charge in [0.05, 0.1) is 5.69 Å². The molecule has 2 aromatic rings. The summed E-state index contributed by atoms with van der Waals surface area (Å²) in [5.41, 5.74) is 2.24. The van der Waals surface area contributed by atoms with Gasteiger partial charge in [-0.1, -0.05) is 27.7 Å². The van der Waals surface area contributed by atoms with Gasteiger partial charge in [-0.05, 0) is 19.0 Å². The molecule has 2 heterocycles. The summed E-state index contributed by atoms with van der Waals surface area (Å²) in [6.45, 7) is 12.5. The van der Waals surface area contributed by atoms with E-state index in [2.05, 4.69) is 43.0 Å².